The van der Waals surface area contributed by atoms with Gasteiger partial charge in [0.2, 0.25) is 0 Å². The Bertz CT molecular complexity index is 754. The van der Waals surface area contributed by atoms with Gasteiger partial charge in [-0.15, -0.1) is 0 Å². The standard InChI is InChI=1S/C23H32O4/c1-22(2,3)18-9-14(12-24)7-16(20(18)26)11-17-8-15(13-25)10-19(21(17)27)23(4,5)6/h7-10,24-27H,11-13H2,1-6H3. The molecule has 2 rings (SSSR count). The fourth-order valence-electron chi connectivity index (χ4n) is 3.32. The predicted octanol–water partition coefficient (Wildman–Crippen LogP) is 4.27. The molecule has 2 aromatic carbocycles. The van der Waals surface area contributed by atoms with E-state index in [2.05, 4.69) is 0 Å². The molecule has 0 heterocycles. The van der Waals surface area contributed by atoms with E-state index in [1.807, 2.05) is 53.7 Å². The summed E-state index contributed by atoms with van der Waals surface area (Å²) in [6.07, 6.45) is 0.311. The third kappa shape index (κ3) is 4.63. The lowest BCUT2D eigenvalue weighted by atomic mass is 9.81. The van der Waals surface area contributed by atoms with Gasteiger partial charge in [-0.05, 0) is 68.5 Å². The van der Waals surface area contributed by atoms with Crippen molar-refractivity contribution in [2.45, 2.75) is 72.0 Å². The molecule has 0 saturated heterocycles. The molecule has 2 aromatic rings. The number of aromatic hydroxyl groups is 2. The van der Waals surface area contributed by atoms with Crippen LogP contribution in [-0.2, 0) is 30.5 Å². The molecule has 0 radical (unpaired) electrons. The van der Waals surface area contributed by atoms with Crippen molar-refractivity contribution in [2.75, 3.05) is 0 Å². The summed E-state index contributed by atoms with van der Waals surface area (Å²) in [7, 11) is 0. The molecule has 4 heteroatoms. The van der Waals surface area contributed by atoms with Gasteiger partial charge in [0.25, 0.3) is 0 Å². The number of phenolic OH excluding ortho intramolecular Hbond substituents is 2. The Morgan fingerprint density at radius 3 is 1.22 bits per heavy atom. The topological polar surface area (TPSA) is 80.9 Å². The van der Waals surface area contributed by atoms with Crippen LogP contribution >= 0.6 is 0 Å². The second kappa shape index (κ2) is 7.53. The van der Waals surface area contributed by atoms with Gasteiger partial charge >= 0.3 is 0 Å². The number of hydrogen-bond donors (Lipinski definition) is 4. The first-order chi connectivity index (χ1) is 12.4. The second-order valence-corrected chi connectivity index (χ2v) is 9.30. The molecule has 27 heavy (non-hydrogen) atoms. The molecule has 0 aliphatic heterocycles. The molecular weight excluding hydrogens is 340 g/mol. The van der Waals surface area contributed by atoms with Crippen LogP contribution in [0, 0.1) is 0 Å². The van der Waals surface area contributed by atoms with Gasteiger partial charge in [0.1, 0.15) is 11.5 Å². The molecule has 0 amide bonds. The van der Waals surface area contributed by atoms with Crippen molar-refractivity contribution in [2.24, 2.45) is 0 Å². The summed E-state index contributed by atoms with van der Waals surface area (Å²) < 4.78 is 0. The molecule has 0 aromatic heterocycles. The van der Waals surface area contributed by atoms with E-state index in [9.17, 15) is 20.4 Å². The summed E-state index contributed by atoms with van der Waals surface area (Å²) in [5.74, 6) is 0.372. The highest BCUT2D eigenvalue weighted by molar-refractivity contribution is 5.53. The molecule has 0 saturated carbocycles. The van der Waals surface area contributed by atoms with Crippen molar-refractivity contribution in [3.05, 3.63) is 57.6 Å². The fourth-order valence-corrected chi connectivity index (χ4v) is 3.32. The van der Waals surface area contributed by atoms with Crippen LogP contribution in [0.15, 0.2) is 24.3 Å². The number of benzene rings is 2. The molecule has 148 valence electrons. The minimum absolute atomic E-state index is 0.119. The first kappa shape index (κ1) is 21.3. The zero-order valence-electron chi connectivity index (χ0n) is 17.2. The van der Waals surface area contributed by atoms with Crippen molar-refractivity contribution < 1.29 is 20.4 Å². The van der Waals surface area contributed by atoms with E-state index in [0.717, 1.165) is 22.3 Å². The maximum atomic E-state index is 10.8. The highest BCUT2D eigenvalue weighted by atomic mass is 16.3. The number of hydrogen-bond acceptors (Lipinski definition) is 4. The van der Waals surface area contributed by atoms with E-state index in [1.165, 1.54) is 0 Å². The largest absolute Gasteiger partial charge is 0.507 e. The normalized spacial score (nSPS) is 12.4. The fraction of sp³-hybridized carbons (Fsp3) is 0.478. The molecular formula is C23H32O4. The molecule has 0 fully saturated rings. The van der Waals surface area contributed by atoms with Crippen molar-refractivity contribution in [3.8, 4) is 11.5 Å². The quantitative estimate of drug-likeness (QED) is 0.646. The van der Waals surface area contributed by atoms with Crippen LogP contribution < -0.4 is 0 Å². The van der Waals surface area contributed by atoms with Crippen LogP contribution in [0.1, 0.15) is 74.9 Å². The van der Waals surface area contributed by atoms with Crippen LogP contribution in [0.4, 0.5) is 0 Å². The van der Waals surface area contributed by atoms with E-state index in [0.29, 0.717) is 17.5 Å². The van der Waals surface area contributed by atoms with E-state index in [4.69, 9.17) is 0 Å². The maximum Gasteiger partial charge on any atom is 0.122 e. The average molecular weight is 373 g/mol. The van der Waals surface area contributed by atoms with Crippen LogP contribution in [0.25, 0.3) is 0 Å². The van der Waals surface area contributed by atoms with Gasteiger partial charge in [0.05, 0.1) is 13.2 Å². The predicted molar refractivity (Wildman–Crippen MR) is 108 cm³/mol. The van der Waals surface area contributed by atoms with Crippen LogP contribution in [0.3, 0.4) is 0 Å². The second-order valence-electron chi connectivity index (χ2n) is 9.30. The third-order valence-electron chi connectivity index (χ3n) is 4.86. The molecule has 4 N–H and O–H groups in total. The molecule has 0 atom stereocenters. The van der Waals surface area contributed by atoms with Crippen LogP contribution in [-0.4, -0.2) is 20.4 Å². The van der Waals surface area contributed by atoms with E-state index in [-0.39, 0.29) is 35.5 Å². The highest BCUT2D eigenvalue weighted by Gasteiger charge is 2.24. The number of aliphatic hydroxyl groups excluding tert-OH is 2. The smallest absolute Gasteiger partial charge is 0.122 e. The highest BCUT2D eigenvalue weighted by Crippen LogP contribution is 2.39. The Morgan fingerprint density at radius 2 is 0.963 bits per heavy atom. The molecule has 0 spiro atoms. The van der Waals surface area contributed by atoms with E-state index in [1.54, 1.807) is 12.1 Å². The lowest BCUT2D eigenvalue weighted by molar-refractivity contribution is 0.281. The summed E-state index contributed by atoms with van der Waals surface area (Å²) in [5, 5.41) is 40.9. The Morgan fingerprint density at radius 1 is 0.630 bits per heavy atom. The van der Waals surface area contributed by atoms with Gasteiger partial charge in [0.15, 0.2) is 0 Å². The van der Waals surface area contributed by atoms with Crippen molar-refractivity contribution in [1.29, 1.82) is 0 Å². The molecule has 0 bridgehead atoms. The first-order valence-corrected chi connectivity index (χ1v) is 9.30. The Labute approximate surface area is 162 Å². The first-order valence-electron chi connectivity index (χ1n) is 9.30. The lowest BCUT2D eigenvalue weighted by Crippen LogP contribution is -2.14. The minimum atomic E-state index is -0.282. The average Bonchev–Trinajstić information content (AvgIpc) is 2.56. The minimum Gasteiger partial charge on any atom is -0.507 e. The molecule has 4 nitrogen and oxygen atoms in total. The summed E-state index contributed by atoms with van der Waals surface area (Å²) in [6.45, 7) is 11.8. The summed E-state index contributed by atoms with van der Waals surface area (Å²) in [4.78, 5) is 0. The summed E-state index contributed by atoms with van der Waals surface area (Å²) in [6, 6.07) is 7.19. The van der Waals surface area contributed by atoms with Gasteiger partial charge in [-0.2, -0.15) is 0 Å². The van der Waals surface area contributed by atoms with Gasteiger partial charge in [-0.1, -0.05) is 41.5 Å². The summed E-state index contributed by atoms with van der Waals surface area (Å²) >= 11 is 0. The number of phenols is 2. The molecule has 0 aliphatic rings. The van der Waals surface area contributed by atoms with Gasteiger partial charge in [0, 0.05) is 6.42 Å². The summed E-state index contributed by atoms with van der Waals surface area (Å²) in [5.41, 5.74) is 3.71. The molecule has 0 unspecified atom stereocenters. The van der Waals surface area contributed by atoms with Crippen molar-refractivity contribution in [3.63, 3.8) is 0 Å². The third-order valence-corrected chi connectivity index (χ3v) is 4.86. The number of aliphatic hydroxyl groups is 2. The zero-order valence-corrected chi connectivity index (χ0v) is 17.2. The van der Waals surface area contributed by atoms with Gasteiger partial charge in [-0.3, -0.25) is 0 Å². The Balaban J connectivity index is 2.64. The van der Waals surface area contributed by atoms with Crippen molar-refractivity contribution >= 4 is 0 Å². The van der Waals surface area contributed by atoms with Crippen LogP contribution in [0.2, 0.25) is 0 Å². The monoisotopic (exact) mass is 372 g/mol. The van der Waals surface area contributed by atoms with Crippen LogP contribution in [0.5, 0.6) is 11.5 Å². The molecule has 0 aliphatic carbocycles. The van der Waals surface area contributed by atoms with Gasteiger partial charge in [-0.25, -0.2) is 0 Å². The van der Waals surface area contributed by atoms with Crippen molar-refractivity contribution in [1.82, 2.24) is 0 Å². The SMILES string of the molecule is CC(C)(C)c1cc(CO)cc(Cc2cc(CO)cc(C(C)(C)C)c2O)c1O. The van der Waals surface area contributed by atoms with E-state index < -0.39 is 0 Å². The Hall–Kier alpha value is -2.04. The van der Waals surface area contributed by atoms with E-state index >= 15 is 0 Å². The lowest BCUT2D eigenvalue weighted by Gasteiger charge is -2.25. The van der Waals surface area contributed by atoms with Gasteiger partial charge < -0.3 is 20.4 Å². The zero-order chi connectivity index (χ0) is 20.6. The number of rotatable bonds is 4. The Kier molecular flexibility index (Phi) is 5.93. The maximum absolute atomic E-state index is 10.8.